The summed E-state index contributed by atoms with van der Waals surface area (Å²) >= 11 is 0. The first-order valence-corrected chi connectivity index (χ1v) is 5.74. The number of aliphatic hydroxyl groups is 1. The summed E-state index contributed by atoms with van der Waals surface area (Å²) in [5, 5.41) is 11.3. The zero-order valence-electron chi connectivity index (χ0n) is 11.5. The van der Waals surface area contributed by atoms with Gasteiger partial charge in [-0.15, -0.1) is 0 Å². The minimum absolute atomic E-state index is 0.124. The normalized spacial score (nSPS) is 11.8. The third-order valence-corrected chi connectivity index (χ3v) is 2.79. The van der Waals surface area contributed by atoms with Gasteiger partial charge in [0.15, 0.2) is 0 Å². The van der Waals surface area contributed by atoms with Crippen molar-refractivity contribution >= 4 is 5.91 Å². The standard InChI is InChI=1S/C13H19NO5/c1-14(19-4)12(16)8-9(15)13-10(17-2)6-5-7-11(13)18-3/h5-7,9,15H,8H2,1-4H3. The molecule has 0 saturated carbocycles. The number of amides is 1. The molecular formula is C13H19NO5. The molecule has 0 saturated heterocycles. The fraction of sp³-hybridized carbons (Fsp3) is 0.462. The first-order valence-electron chi connectivity index (χ1n) is 5.74. The van der Waals surface area contributed by atoms with Crippen molar-refractivity contribution in [3.8, 4) is 11.5 Å². The van der Waals surface area contributed by atoms with E-state index < -0.39 is 6.10 Å². The number of ether oxygens (including phenoxy) is 2. The van der Waals surface area contributed by atoms with Gasteiger partial charge >= 0.3 is 0 Å². The molecule has 19 heavy (non-hydrogen) atoms. The quantitative estimate of drug-likeness (QED) is 0.784. The molecule has 0 aliphatic rings. The molecule has 1 amide bonds. The van der Waals surface area contributed by atoms with E-state index in [2.05, 4.69) is 0 Å². The highest BCUT2D eigenvalue weighted by Gasteiger charge is 2.23. The molecule has 0 radical (unpaired) electrons. The zero-order chi connectivity index (χ0) is 14.4. The molecule has 0 aromatic heterocycles. The molecule has 0 spiro atoms. The average molecular weight is 269 g/mol. The molecule has 0 fully saturated rings. The lowest BCUT2D eigenvalue weighted by molar-refractivity contribution is -0.170. The molecular weight excluding hydrogens is 250 g/mol. The molecule has 6 heteroatoms. The van der Waals surface area contributed by atoms with Crippen molar-refractivity contribution in [2.24, 2.45) is 0 Å². The van der Waals surface area contributed by atoms with Crippen LogP contribution in [0.25, 0.3) is 0 Å². The maximum atomic E-state index is 11.7. The van der Waals surface area contributed by atoms with Crippen molar-refractivity contribution in [3.05, 3.63) is 23.8 Å². The molecule has 0 bridgehead atoms. The highest BCUT2D eigenvalue weighted by molar-refractivity contribution is 5.75. The van der Waals surface area contributed by atoms with Gasteiger partial charge in [-0.05, 0) is 12.1 Å². The van der Waals surface area contributed by atoms with Gasteiger partial charge in [0.2, 0.25) is 5.91 Å². The van der Waals surface area contributed by atoms with E-state index >= 15 is 0 Å². The predicted octanol–water partition coefficient (Wildman–Crippen LogP) is 1.15. The van der Waals surface area contributed by atoms with Crippen LogP contribution in [-0.2, 0) is 9.63 Å². The Hall–Kier alpha value is -1.79. The van der Waals surface area contributed by atoms with Crippen molar-refractivity contribution in [1.82, 2.24) is 5.06 Å². The molecule has 1 atom stereocenters. The van der Waals surface area contributed by atoms with Crippen LogP contribution in [0.15, 0.2) is 18.2 Å². The van der Waals surface area contributed by atoms with Gasteiger partial charge in [0.25, 0.3) is 0 Å². The number of carbonyl (C=O) groups excluding carboxylic acids is 1. The predicted molar refractivity (Wildman–Crippen MR) is 68.9 cm³/mol. The summed E-state index contributed by atoms with van der Waals surface area (Å²) in [7, 11) is 5.85. The number of hydroxylamine groups is 2. The highest BCUT2D eigenvalue weighted by Crippen LogP contribution is 2.35. The van der Waals surface area contributed by atoms with Gasteiger partial charge in [0.05, 0.1) is 39.4 Å². The Balaban J connectivity index is 2.98. The van der Waals surface area contributed by atoms with E-state index in [-0.39, 0.29) is 12.3 Å². The van der Waals surface area contributed by atoms with Crippen LogP contribution in [0.1, 0.15) is 18.1 Å². The monoisotopic (exact) mass is 269 g/mol. The molecule has 0 aliphatic heterocycles. The molecule has 1 aromatic rings. The van der Waals surface area contributed by atoms with Crippen LogP contribution in [0, 0.1) is 0 Å². The fourth-order valence-corrected chi connectivity index (χ4v) is 1.71. The van der Waals surface area contributed by atoms with Crippen molar-refractivity contribution < 1.29 is 24.2 Å². The topological polar surface area (TPSA) is 68.2 Å². The number of carbonyl (C=O) groups is 1. The molecule has 6 nitrogen and oxygen atoms in total. The number of benzene rings is 1. The molecule has 1 aromatic carbocycles. The number of hydrogen-bond donors (Lipinski definition) is 1. The van der Waals surface area contributed by atoms with Crippen LogP contribution in [0.5, 0.6) is 11.5 Å². The Morgan fingerprint density at radius 1 is 1.26 bits per heavy atom. The van der Waals surface area contributed by atoms with Crippen LogP contribution >= 0.6 is 0 Å². The minimum Gasteiger partial charge on any atom is -0.496 e. The Kier molecular flexibility index (Phi) is 5.59. The molecule has 0 heterocycles. The average Bonchev–Trinajstić information content (AvgIpc) is 2.44. The van der Waals surface area contributed by atoms with Crippen LogP contribution < -0.4 is 9.47 Å². The Morgan fingerprint density at radius 2 is 1.79 bits per heavy atom. The summed E-state index contributed by atoms with van der Waals surface area (Å²) in [6.45, 7) is 0. The Labute approximate surface area is 112 Å². The summed E-state index contributed by atoms with van der Waals surface area (Å²) < 4.78 is 10.4. The van der Waals surface area contributed by atoms with Gasteiger partial charge in [-0.3, -0.25) is 9.63 Å². The van der Waals surface area contributed by atoms with Gasteiger partial charge in [0, 0.05) is 7.05 Å². The van der Waals surface area contributed by atoms with Crippen molar-refractivity contribution in [1.29, 1.82) is 0 Å². The van der Waals surface area contributed by atoms with Gasteiger partial charge in [0.1, 0.15) is 11.5 Å². The molecule has 1 N–H and O–H groups in total. The van der Waals surface area contributed by atoms with Gasteiger partial charge < -0.3 is 14.6 Å². The first kappa shape index (κ1) is 15.3. The van der Waals surface area contributed by atoms with E-state index in [1.807, 2.05) is 0 Å². The lowest BCUT2D eigenvalue weighted by atomic mass is 10.0. The first-order chi connectivity index (χ1) is 9.04. The smallest absolute Gasteiger partial charge is 0.248 e. The largest absolute Gasteiger partial charge is 0.496 e. The third-order valence-electron chi connectivity index (χ3n) is 2.79. The van der Waals surface area contributed by atoms with Gasteiger partial charge in [-0.1, -0.05) is 6.07 Å². The fourth-order valence-electron chi connectivity index (χ4n) is 1.71. The summed E-state index contributed by atoms with van der Waals surface area (Å²) in [5.41, 5.74) is 0.449. The van der Waals surface area contributed by atoms with Crippen LogP contribution in [0.2, 0.25) is 0 Å². The highest BCUT2D eigenvalue weighted by atomic mass is 16.7. The van der Waals surface area contributed by atoms with Crippen LogP contribution in [-0.4, -0.2) is 44.5 Å². The van der Waals surface area contributed by atoms with Crippen LogP contribution in [0.3, 0.4) is 0 Å². The summed E-state index contributed by atoms with van der Waals surface area (Å²) in [6, 6.07) is 5.15. The van der Waals surface area contributed by atoms with E-state index in [4.69, 9.17) is 14.3 Å². The van der Waals surface area contributed by atoms with E-state index in [0.717, 1.165) is 5.06 Å². The number of hydrogen-bond acceptors (Lipinski definition) is 5. The number of aliphatic hydroxyl groups excluding tert-OH is 1. The van der Waals surface area contributed by atoms with Crippen LogP contribution in [0.4, 0.5) is 0 Å². The lowest BCUT2D eigenvalue weighted by Gasteiger charge is -2.20. The summed E-state index contributed by atoms with van der Waals surface area (Å²) in [4.78, 5) is 16.5. The Bertz CT molecular complexity index is 413. The second-order valence-electron chi connectivity index (χ2n) is 3.87. The number of nitrogens with zero attached hydrogens (tertiary/aromatic N) is 1. The number of rotatable bonds is 6. The molecule has 106 valence electrons. The second-order valence-corrected chi connectivity index (χ2v) is 3.87. The van der Waals surface area contributed by atoms with Crippen molar-refractivity contribution in [2.45, 2.75) is 12.5 Å². The van der Waals surface area contributed by atoms with E-state index in [0.29, 0.717) is 17.1 Å². The second kappa shape index (κ2) is 6.96. The minimum atomic E-state index is -1.03. The zero-order valence-corrected chi connectivity index (χ0v) is 11.5. The third kappa shape index (κ3) is 3.59. The maximum absolute atomic E-state index is 11.7. The SMILES string of the molecule is COc1cccc(OC)c1C(O)CC(=O)N(C)OC. The Morgan fingerprint density at radius 3 is 2.21 bits per heavy atom. The van der Waals surface area contributed by atoms with Gasteiger partial charge in [-0.2, -0.15) is 0 Å². The molecule has 0 aliphatic carbocycles. The summed E-state index contributed by atoms with van der Waals surface area (Å²) in [5.74, 6) is 0.599. The maximum Gasteiger partial charge on any atom is 0.248 e. The lowest BCUT2D eigenvalue weighted by Crippen LogP contribution is -2.27. The van der Waals surface area contributed by atoms with Gasteiger partial charge in [-0.25, -0.2) is 5.06 Å². The van der Waals surface area contributed by atoms with E-state index in [9.17, 15) is 9.90 Å². The summed E-state index contributed by atoms with van der Waals surface area (Å²) in [6.07, 6.45) is -1.16. The molecule has 1 rings (SSSR count). The van der Waals surface area contributed by atoms with E-state index in [1.54, 1.807) is 18.2 Å². The van der Waals surface area contributed by atoms with Crippen molar-refractivity contribution in [3.63, 3.8) is 0 Å². The van der Waals surface area contributed by atoms with Crippen molar-refractivity contribution in [2.75, 3.05) is 28.4 Å². The van der Waals surface area contributed by atoms with E-state index in [1.165, 1.54) is 28.4 Å². The molecule has 1 unspecified atom stereocenters. The number of methoxy groups -OCH3 is 2.